The van der Waals surface area contributed by atoms with E-state index in [0.717, 1.165) is 48.7 Å². The summed E-state index contributed by atoms with van der Waals surface area (Å²) in [6.07, 6.45) is 9.77. The lowest BCUT2D eigenvalue weighted by molar-refractivity contribution is 0.303. The summed E-state index contributed by atoms with van der Waals surface area (Å²) < 4.78 is 12.3. The van der Waals surface area contributed by atoms with Crippen molar-refractivity contribution in [2.24, 2.45) is 0 Å². The molecule has 0 saturated carbocycles. The van der Waals surface area contributed by atoms with Gasteiger partial charge in [-0.1, -0.05) is 76.6 Å². The van der Waals surface area contributed by atoms with Crippen LogP contribution in [0.1, 0.15) is 76.3 Å². The van der Waals surface area contributed by atoms with Gasteiger partial charge in [0.05, 0.1) is 13.2 Å². The van der Waals surface area contributed by atoms with Crippen molar-refractivity contribution in [3.8, 4) is 22.6 Å². The maximum Gasteiger partial charge on any atom is 0.127 e. The molecule has 2 aromatic rings. The predicted molar refractivity (Wildman–Crippen MR) is 121 cm³/mol. The van der Waals surface area contributed by atoms with Crippen LogP contribution in [-0.2, 0) is 0 Å². The van der Waals surface area contributed by atoms with E-state index in [1.807, 2.05) is 0 Å². The van der Waals surface area contributed by atoms with Gasteiger partial charge in [-0.05, 0) is 55.5 Å². The van der Waals surface area contributed by atoms with Gasteiger partial charge >= 0.3 is 0 Å². The maximum atomic E-state index is 6.17. The first-order valence-corrected chi connectivity index (χ1v) is 11.1. The Labute approximate surface area is 172 Å². The quantitative estimate of drug-likeness (QED) is 0.328. The minimum Gasteiger partial charge on any atom is -0.493 e. The summed E-state index contributed by atoms with van der Waals surface area (Å²) in [6.45, 7) is 10.3. The fourth-order valence-electron chi connectivity index (χ4n) is 3.33. The van der Waals surface area contributed by atoms with E-state index >= 15 is 0 Å². The highest BCUT2D eigenvalue weighted by Gasteiger charge is 2.10. The molecule has 0 aromatic heterocycles. The molecule has 0 aliphatic heterocycles. The second-order valence-electron chi connectivity index (χ2n) is 7.80. The van der Waals surface area contributed by atoms with Crippen LogP contribution in [0.4, 0.5) is 0 Å². The Morgan fingerprint density at radius 3 is 1.93 bits per heavy atom. The van der Waals surface area contributed by atoms with Crippen LogP contribution in [0.3, 0.4) is 0 Å². The van der Waals surface area contributed by atoms with Crippen LogP contribution in [0.15, 0.2) is 36.4 Å². The topological polar surface area (TPSA) is 18.5 Å². The molecule has 0 atom stereocenters. The number of hydrogen-bond acceptors (Lipinski definition) is 2. The second kappa shape index (κ2) is 12.5. The van der Waals surface area contributed by atoms with E-state index in [1.165, 1.54) is 49.7 Å². The minimum absolute atomic E-state index is 0.781. The Bertz CT molecular complexity index is 706. The molecule has 2 aromatic carbocycles. The van der Waals surface area contributed by atoms with Gasteiger partial charge in [0.25, 0.3) is 0 Å². The zero-order valence-corrected chi connectivity index (χ0v) is 18.4. The summed E-state index contributed by atoms with van der Waals surface area (Å²) in [7, 11) is 0. The highest BCUT2D eigenvalue weighted by Crippen LogP contribution is 2.34. The molecule has 0 fully saturated rings. The Morgan fingerprint density at radius 2 is 1.29 bits per heavy atom. The molecule has 0 radical (unpaired) electrons. The molecule has 2 nitrogen and oxygen atoms in total. The molecular formula is C26H38O2. The standard InChI is InChI=1S/C26H38O2/c1-5-7-9-11-17-27-25-20-23(15-14-22(25)4)24-16-13-21(3)19-26(24)28-18-12-10-8-6-2/h13-16,19-20H,5-12,17-18H2,1-4H3. The average Bonchev–Trinajstić information content (AvgIpc) is 2.69. The first-order valence-electron chi connectivity index (χ1n) is 11.1. The Balaban J connectivity index is 2.09. The number of rotatable bonds is 13. The summed E-state index contributed by atoms with van der Waals surface area (Å²) in [5.41, 5.74) is 4.73. The molecule has 0 spiro atoms. The molecule has 0 heterocycles. The lowest BCUT2D eigenvalue weighted by Gasteiger charge is -2.15. The lowest BCUT2D eigenvalue weighted by Crippen LogP contribution is -2.01. The smallest absolute Gasteiger partial charge is 0.127 e. The third-order valence-corrected chi connectivity index (χ3v) is 5.15. The summed E-state index contributed by atoms with van der Waals surface area (Å²) in [5, 5.41) is 0. The Kier molecular flexibility index (Phi) is 9.96. The van der Waals surface area contributed by atoms with Crippen molar-refractivity contribution < 1.29 is 9.47 Å². The number of unbranched alkanes of at least 4 members (excludes halogenated alkanes) is 6. The Morgan fingerprint density at radius 1 is 0.643 bits per heavy atom. The third kappa shape index (κ3) is 7.22. The number of ether oxygens (including phenoxy) is 2. The molecule has 2 heteroatoms. The summed E-state index contributed by atoms with van der Waals surface area (Å²) >= 11 is 0. The fourth-order valence-corrected chi connectivity index (χ4v) is 3.33. The van der Waals surface area contributed by atoms with Gasteiger partial charge in [0, 0.05) is 5.56 Å². The van der Waals surface area contributed by atoms with Gasteiger partial charge in [0.1, 0.15) is 11.5 Å². The van der Waals surface area contributed by atoms with Gasteiger partial charge in [-0.2, -0.15) is 0 Å². The maximum absolute atomic E-state index is 6.17. The van der Waals surface area contributed by atoms with E-state index in [2.05, 4.69) is 64.1 Å². The summed E-state index contributed by atoms with van der Waals surface area (Å²) in [5.74, 6) is 1.97. The number of benzene rings is 2. The molecule has 0 amide bonds. The van der Waals surface area contributed by atoms with E-state index in [1.54, 1.807) is 0 Å². The van der Waals surface area contributed by atoms with E-state index in [4.69, 9.17) is 9.47 Å². The van der Waals surface area contributed by atoms with Gasteiger partial charge in [-0.25, -0.2) is 0 Å². The van der Waals surface area contributed by atoms with Crippen molar-refractivity contribution in [1.29, 1.82) is 0 Å². The van der Waals surface area contributed by atoms with Gasteiger partial charge in [-0.15, -0.1) is 0 Å². The molecule has 0 aliphatic carbocycles. The van der Waals surface area contributed by atoms with Gasteiger partial charge < -0.3 is 9.47 Å². The lowest BCUT2D eigenvalue weighted by atomic mass is 10.0. The summed E-state index contributed by atoms with van der Waals surface area (Å²) in [4.78, 5) is 0. The first kappa shape index (κ1) is 22.3. The van der Waals surface area contributed by atoms with Gasteiger partial charge in [0.15, 0.2) is 0 Å². The molecule has 154 valence electrons. The van der Waals surface area contributed by atoms with E-state index in [9.17, 15) is 0 Å². The van der Waals surface area contributed by atoms with Crippen molar-refractivity contribution >= 4 is 0 Å². The fraction of sp³-hybridized carbons (Fsp3) is 0.538. The largest absolute Gasteiger partial charge is 0.493 e. The molecular weight excluding hydrogens is 344 g/mol. The molecule has 0 aliphatic rings. The van der Waals surface area contributed by atoms with Crippen LogP contribution in [0, 0.1) is 13.8 Å². The van der Waals surface area contributed by atoms with Crippen LogP contribution >= 0.6 is 0 Å². The monoisotopic (exact) mass is 382 g/mol. The van der Waals surface area contributed by atoms with Crippen LogP contribution in [0.5, 0.6) is 11.5 Å². The first-order chi connectivity index (χ1) is 13.7. The van der Waals surface area contributed by atoms with E-state index in [-0.39, 0.29) is 0 Å². The molecule has 0 saturated heterocycles. The van der Waals surface area contributed by atoms with Gasteiger partial charge in [0.2, 0.25) is 0 Å². The molecule has 0 bridgehead atoms. The molecule has 0 unspecified atom stereocenters. The minimum atomic E-state index is 0.781. The summed E-state index contributed by atoms with van der Waals surface area (Å²) in [6, 6.07) is 13.0. The molecule has 2 rings (SSSR count). The van der Waals surface area contributed by atoms with Gasteiger partial charge in [-0.3, -0.25) is 0 Å². The van der Waals surface area contributed by atoms with Crippen LogP contribution in [-0.4, -0.2) is 13.2 Å². The second-order valence-corrected chi connectivity index (χ2v) is 7.80. The van der Waals surface area contributed by atoms with Crippen molar-refractivity contribution in [2.45, 2.75) is 79.1 Å². The normalized spacial score (nSPS) is 10.9. The highest BCUT2D eigenvalue weighted by molar-refractivity contribution is 5.72. The zero-order valence-electron chi connectivity index (χ0n) is 18.4. The van der Waals surface area contributed by atoms with Crippen molar-refractivity contribution in [1.82, 2.24) is 0 Å². The number of aryl methyl sites for hydroxylation is 2. The zero-order chi connectivity index (χ0) is 20.2. The van der Waals surface area contributed by atoms with Crippen molar-refractivity contribution in [2.75, 3.05) is 13.2 Å². The van der Waals surface area contributed by atoms with E-state index in [0.29, 0.717) is 0 Å². The van der Waals surface area contributed by atoms with Crippen LogP contribution < -0.4 is 9.47 Å². The van der Waals surface area contributed by atoms with Crippen LogP contribution in [0.25, 0.3) is 11.1 Å². The highest BCUT2D eigenvalue weighted by atomic mass is 16.5. The molecule has 28 heavy (non-hydrogen) atoms. The average molecular weight is 383 g/mol. The van der Waals surface area contributed by atoms with Crippen molar-refractivity contribution in [3.63, 3.8) is 0 Å². The van der Waals surface area contributed by atoms with E-state index < -0.39 is 0 Å². The molecule has 0 N–H and O–H groups in total. The van der Waals surface area contributed by atoms with Crippen LogP contribution in [0.2, 0.25) is 0 Å². The predicted octanol–water partition coefficient (Wildman–Crippen LogP) is 7.89. The van der Waals surface area contributed by atoms with Crippen molar-refractivity contribution in [3.05, 3.63) is 47.5 Å². The SMILES string of the molecule is CCCCCCOc1cc(-c2ccc(C)cc2OCCCCCC)ccc1C. The number of hydrogen-bond donors (Lipinski definition) is 0. The third-order valence-electron chi connectivity index (χ3n) is 5.15. The Hall–Kier alpha value is -1.96.